The van der Waals surface area contributed by atoms with Crippen molar-refractivity contribution in [2.45, 2.75) is 52.8 Å². The van der Waals surface area contributed by atoms with Crippen molar-refractivity contribution in [3.63, 3.8) is 0 Å². The van der Waals surface area contributed by atoms with Crippen LogP contribution in [0.2, 0.25) is 0 Å². The van der Waals surface area contributed by atoms with E-state index in [9.17, 15) is 9.90 Å². The van der Waals surface area contributed by atoms with Gasteiger partial charge in [0.15, 0.2) is 0 Å². The fourth-order valence-corrected chi connectivity index (χ4v) is 3.29. The third-order valence-electron chi connectivity index (χ3n) is 3.28. The molecule has 1 aromatic carbocycles. The van der Waals surface area contributed by atoms with Crippen LogP contribution in [0.15, 0.2) is 21.1 Å². The van der Waals surface area contributed by atoms with E-state index in [1.54, 1.807) is 0 Å². The molecule has 5 nitrogen and oxygen atoms in total. The third kappa shape index (κ3) is 7.40. The summed E-state index contributed by atoms with van der Waals surface area (Å²) in [4.78, 5) is 11.9. The Hall–Kier alpha value is -0.790. The molecular weight excluding hydrogens is 440 g/mol. The monoisotopic (exact) mass is 464 g/mol. The summed E-state index contributed by atoms with van der Waals surface area (Å²) >= 11 is 6.64. The molecule has 1 amide bonds. The van der Waals surface area contributed by atoms with E-state index in [4.69, 9.17) is 4.74 Å². The highest BCUT2D eigenvalue weighted by molar-refractivity contribution is 9.11. The zero-order valence-corrected chi connectivity index (χ0v) is 17.9. The van der Waals surface area contributed by atoms with Crippen molar-refractivity contribution in [3.8, 4) is 5.75 Å². The van der Waals surface area contributed by atoms with E-state index in [0.29, 0.717) is 22.0 Å². The van der Waals surface area contributed by atoms with Crippen molar-refractivity contribution in [2.24, 2.45) is 5.92 Å². The molecule has 7 heteroatoms. The average Bonchev–Trinajstić information content (AvgIpc) is 2.41. The Bertz CT molecular complexity index is 548. The first-order valence-electron chi connectivity index (χ1n) is 7.86. The van der Waals surface area contributed by atoms with Gasteiger partial charge in [0, 0.05) is 19.1 Å². The van der Waals surface area contributed by atoms with Gasteiger partial charge in [0.1, 0.15) is 11.4 Å². The lowest BCUT2D eigenvalue weighted by atomic mass is 10.0. The Balaban J connectivity index is 2.57. The normalized spacial score (nSPS) is 13.0. The molecule has 0 saturated carbocycles. The molecule has 0 fully saturated rings. The lowest BCUT2D eigenvalue weighted by Gasteiger charge is -2.26. The molecule has 0 heterocycles. The van der Waals surface area contributed by atoms with Crippen molar-refractivity contribution >= 4 is 38.0 Å². The van der Waals surface area contributed by atoms with Gasteiger partial charge in [0.05, 0.1) is 8.95 Å². The first kappa shape index (κ1) is 21.3. The van der Waals surface area contributed by atoms with E-state index >= 15 is 0 Å². The quantitative estimate of drug-likeness (QED) is 0.576. The molecule has 0 radical (unpaired) electrons. The number of amides is 1. The number of phenols is 1. The zero-order valence-electron chi connectivity index (χ0n) is 14.7. The number of hydrogen-bond acceptors (Lipinski definition) is 4. The maximum absolute atomic E-state index is 11.9. The summed E-state index contributed by atoms with van der Waals surface area (Å²) in [5.41, 5.74) is 0.509. The van der Waals surface area contributed by atoms with Crippen LogP contribution in [0.3, 0.4) is 0 Å². The van der Waals surface area contributed by atoms with Crippen molar-refractivity contribution in [3.05, 3.63) is 26.6 Å². The number of rotatable bonds is 6. The minimum absolute atomic E-state index is 0.0381. The summed E-state index contributed by atoms with van der Waals surface area (Å²) in [6.07, 6.45) is -0.405. The number of halogens is 2. The number of nitrogens with one attached hydrogen (secondary N) is 2. The molecule has 1 atom stereocenters. The number of phenolic OH excluding ortho intramolecular Hbond substituents is 1. The van der Waals surface area contributed by atoms with Crippen molar-refractivity contribution < 1.29 is 14.6 Å². The summed E-state index contributed by atoms with van der Waals surface area (Å²) in [6, 6.07) is 3.68. The van der Waals surface area contributed by atoms with Gasteiger partial charge in [-0.3, -0.25) is 0 Å². The summed E-state index contributed by atoms with van der Waals surface area (Å²) in [5.74, 6) is 0.453. The van der Waals surface area contributed by atoms with E-state index in [2.05, 4.69) is 56.3 Å². The molecule has 3 N–H and O–H groups in total. The highest BCUT2D eigenvalue weighted by Crippen LogP contribution is 2.33. The first-order chi connectivity index (χ1) is 11.0. The topological polar surface area (TPSA) is 70.6 Å². The molecule has 1 aromatic rings. The van der Waals surface area contributed by atoms with Crippen LogP contribution >= 0.6 is 31.9 Å². The lowest BCUT2D eigenvalue weighted by molar-refractivity contribution is 0.0490. The zero-order chi connectivity index (χ0) is 18.5. The Morgan fingerprint density at radius 1 is 1.25 bits per heavy atom. The smallest absolute Gasteiger partial charge is 0.407 e. The molecule has 1 unspecified atom stereocenters. The predicted octanol–water partition coefficient (Wildman–Crippen LogP) is 4.56. The molecule has 0 spiro atoms. The number of ether oxygens (including phenoxy) is 1. The predicted molar refractivity (Wildman–Crippen MR) is 103 cm³/mol. The van der Waals surface area contributed by atoms with E-state index in [0.717, 1.165) is 5.56 Å². The maximum atomic E-state index is 11.9. The number of hydrogen-bond donors (Lipinski definition) is 3. The second-order valence-corrected chi connectivity index (χ2v) is 8.74. The van der Waals surface area contributed by atoms with Gasteiger partial charge in [-0.25, -0.2) is 4.79 Å². The van der Waals surface area contributed by atoms with E-state index < -0.39 is 11.7 Å². The van der Waals surface area contributed by atoms with Crippen molar-refractivity contribution in [1.29, 1.82) is 0 Å². The number of carbonyl (C=O) groups excluding carboxylic acids is 1. The van der Waals surface area contributed by atoms with Crippen LogP contribution in [-0.4, -0.2) is 29.4 Å². The van der Waals surface area contributed by atoms with Gasteiger partial charge in [-0.05, 0) is 76.2 Å². The van der Waals surface area contributed by atoms with Gasteiger partial charge < -0.3 is 20.5 Å². The second-order valence-electron chi connectivity index (χ2n) is 7.04. The highest BCUT2D eigenvalue weighted by Gasteiger charge is 2.21. The fraction of sp³-hybridized carbons (Fsp3) is 0.588. The van der Waals surface area contributed by atoms with Crippen LogP contribution in [0.5, 0.6) is 5.75 Å². The molecule has 0 aromatic heterocycles. The number of carbonyl (C=O) groups is 1. The summed E-state index contributed by atoms with van der Waals surface area (Å²) in [7, 11) is 0. The first-order valence-corrected chi connectivity index (χ1v) is 9.45. The second kappa shape index (κ2) is 9.06. The molecule has 24 heavy (non-hydrogen) atoms. The van der Waals surface area contributed by atoms with Gasteiger partial charge in [0.2, 0.25) is 0 Å². The maximum Gasteiger partial charge on any atom is 0.407 e. The minimum atomic E-state index is -0.510. The van der Waals surface area contributed by atoms with Crippen LogP contribution in [0.25, 0.3) is 0 Å². The summed E-state index contributed by atoms with van der Waals surface area (Å²) in [5, 5.41) is 16.0. The standard InChI is InChI=1S/C17H26Br2N2O3/c1-10(2)14(21-16(23)24-17(3,4)5)9-20-8-11-6-12(18)15(22)13(19)7-11/h6-7,10,14,20,22H,8-9H2,1-5H3,(H,21,23). The van der Waals surface area contributed by atoms with Gasteiger partial charge in [-0.15, -0.1) is 0 Å². The van der Waals surface area contributed by atoms with Crippen LogP contribution in [0.1, 0.15) is 40.2 Å². The molecule has 0 aliphatic heterocycles. The number of benzene rings is 1. The summed E-state index contributed by atoms with van der Waals surface area (Å²) < 4.78 is 6.59. The Labute approximate surface area is 160 Å². The third-order valence-corrected chi connectivity index (χ3v) is 4.49. The van der Waals surface area contributed by atoms with Crippen LogP contribution in [-0.2, 0) is 11.3 Å². The molecule has 0 aliphatic carbocycles. The van der Waals surface area contributed by atoms with E-state index in [1.807, 2.05) is 32.9 Å². The van der Waals surface area contributed by atoms with E-state index in [1.165, 1.54) is 0 Å². The lowest BCUT2D eigenvalue weighted by Crippen LogP contribution is -2.46. The molecule has 136 valence electrons. The minimum Gasteiger partial charge on any atom is -0.506 e. The fourth-order valence-electron chi connectivity index (χ4n) is 2.00. The highest BCUT2D eigenvalue weighted by atomic mass is 79.9. The largest absolute Gasteiger partial charge is 0.506 e. The van der Waals surface area contributed by atoms with Crippen LogP contribution in [0.4, 0.5) is 4.79 Å². The van der Waals surface area contributed by atoms with Gasteiger partial charge in [-0.2, -0.15) is 0 Å². The molecular formula is C17H26Br2N2O3. The van der Waals surface area contributed by atoms with Crippen molar-refractivity contribution in [1.82, 2.24) is 10.6 Å². The van der Waals surface area contributed by atoms with Crippen LogP contribution < -0.4 is 10.6 Å². The Morgan fingerprint density at radius 3 is 2.25 bits per heavy atom. The van der Waals surface area contributed by atoms with Crippen molar-refractivity contribution in [2.75, 3.05) is 6.54 Å². The van der Waals surface area contributed by atoms with E-state index in [-0.39, 0.29) is 17.7 Å². The van der Waals surface area contributed by atoms with Gasteiger partial charge in [0.25, 0.3) is 0 Å². The summed E-state index contributed by atoms with van der Waals surface area (Å²) in [6.45, 7) is 10.9. The SMILES string of the molecule is CC(C)C(CNCc1cc(Br)c(O)c(Br)c1)NC(=O)OC(C)(C)C. The molecule has 0 saturated heterocycles. The van der Waals surface area contributed by atoms with Gasteiger partial charge >= 0.3 is 6.09 Å². The Morgan fingerprint density at radius 2 is 1.79 bits per heavy atom. The van der Waals surface area contributed by atoms with Crippen LogP contribution in [0, 0.1) is 5.92 Å². The Kier molecular flexibility index (Phi) is 8.02. The molecule has 0 aliphatic rings. The average molecular weight is 466 g/mol. The van der Waals surface area contributed by atoms with Gasteiger partial charge in [-0.1, -0.05) is 13.8 Å². The number of aromatic hydroxyl groups is 1. The molecule has 1 rings (SSSR count). The number of alkyl carbamates (subject to hydrolysis) is 1. The molecule has 0 bridgehead atoms.